The zero-order chi connectivity index (χ0) is 18.2. The van der Waals surface area contributed by atoms with Crippen LogP contribution in [0.2, 0.25) is 0 Å². The second kappa shape index (κ2) is 8.58. The maximum atomic E-state index is 12.2. The molecule has 0 fully saturated rings. The lowest BCUT2D eigenvalue weighted by molar-refractivity contribution is -0.385. The molecule has 130 valence electrons. The fraction of sp³-hybridized carbons (Fsp3) is 0.222. The summed E-state index contributed by atoms with van der Waals surface area (Å²) in [5.41, 5.74) is 0.811. The quantitative estimate of drug-likeness (QED) is 0.449. The van der Waals surface area contributed by atoms with Gasteiger partial charge in [0.25, 0.3) is 0 Å². The van der Waals surface area contributed by atoms with Gasteiger partial charge >= 0.3 is 5.69 Å². The maximum Gasteiger partial charge on any atom is 0.310 e. The van der Waals surface area contributed by atoms with Crippen LogP contribution in [0, 0.1) is 10.1 Å². The van der Waals surface area contributed by atoms with Crippen molar-refractivity contribution in [2.24, 2.45) is 0 Å². The Bertz CT molecular complexity index is 771. The molecular weight excluding hydrogens is 324 g/mol. The number of nitro benzene ring substituents is 1. The van der Waals surface area contributed by atoms with Crippen molar-refractivity contribution < 1.29 is 19.2 Å². The van der Waals surface area contributed by atoms with Crippen molar-refractivity contribution >= 4 is 23.1 Å². The van der Waals surface area contributed by atoms with Crippen molar-refractivity contribution in [1.82, 2.24) is 0 Å². The first-order valence-electron chi connectivity index (χ1n) is 7.80. The Morgan fingerprint density at radius 1 is 1.12 bits per heavy atom. The summed E-state index contributed by atoms with van der Waals surface area (Å²) in [5, 5.41) is 13.6. The molecule has 0 saturated heterocycles. The monoisotopic (exact) mass is 342 g/mol. The zero-order valence-corrected chi connectivity index (χ0v) is 13.7. The standard InChI is InChI=1S/C18H18N2O5/c1-2-5-18(22)19-14-10-8-13(9-11-14)16(21)12-25-17-7-4-3-6-15(17)20(23)24/h3-4,6-11H,2,5,12H2,1H3,(H,19,22). The first-order valence-corrected chi connectivity index (χ1v) is 7.80. The molecule has 7 heteroatoms. The van der Waals surface area contributed by atoms with E-state index in [4.69, 9.17) is 4.74 Å². The highest BCUT2D eigenvalue weighted by Gasteiger charge is 2.15. The Hall–Kier alpha value is -3.22. The van der Waals surface area contributed by atoms with E-state index in [0.29, 0.717) is 17.7 Å². The molecule has 0 atom stereocenters. The number of nitrogens with one attached hydrogen (secondary N) is 1. The number of nitro groups is 1. The number of carbonyl (C=O) groups is 2. The van der Waals surface area contributed by atoms with Crippen molar-refractivity contribution in [3.8, 4) is 5.75 Å². The number of rotatable bonds is 8. The molecule has 7 nitrogen and oxygen atoms in total. The molecule has 0 aliphatic rings. The second-order valence-corrected chi connectivity index (χ2v) is 5.31. The minimum Gasteiger partial charge on any atom is -0.478 e. The molecule has 0 heterocycles. The number of Topliss-reactive ketones (excluding diaryl/α,β-unsaturated/α-hetero) is 1. The normalized spacial score (nSPS) is 10.1. The van der Waals surface area contributed by atoms with E-state index in [9.17, 15) is 19.7 Å². The van der Waals surface area contributed by atoms with Crippen LogP contribution in [0.15, 0.2) is 48.5 Å². The van der Waals surface area contributed by atoms with Gasteiger partial charge < -0.3 is 10.1 Å². The second-order valence-electron chi connectivity index (χ2n) is 5.31. The molecule has 0 radical (unpaired) electrons. The number of anilines is 1. The zero-order valence-electron chi connectivity index (χ0n) is 13.7. The smallest absolute Gasteiger partial charge is 0.310 e. The lowest BCUT2D eigenvalue weighted by Gasteiger charge is -2.07. The topological polar surface area (TPSA) is 98.5 Å². The van der Waals surface area contributed by atoms with E-state index < -0.39 is 4.92 Å². The van der Waals surface area contributed by atoms with Gasteiger partial charge in [-0.1, -0.05) is 19.1 Å². The van der Waals surface area contributed by atoms with Crippen molar-refractivity contribution in [3.05, 3.63) is 64.2 Å². The first-order chi connectivity index (χ1) is 12.0. The number of hydrogen-bond donors (Lipinski definition) is 1. The highest BCUT2D eigenvalue weighted by atomic mass is 16.6. The van der Waals surface area contributed by atoms with Gasteiger partial charge in [0.05, 0.1) is 4.92 Å². The highest BCUT2D eigenvalue weighted by Crippen LogP contribution is 2.25. The predicted molar refractivity (Wildman–Crippen MR) is 92.9 cm³/mol. The molecule has 1 amide bonds. The summed E-state index contributed by atoms with van der Waals surface area (Å²) in [6, 6.07) is 12.3. The van der Waals surface area contributed by atoms with Crippen molar-refractivity contribution in [3.63, 3.8) is 0 Å². The number of hydrogen-bond acceptors (Lipinski definition) is 5. The van der Waals surface area contributed by atoms with Gasteiger partial charge in [-0.15, -0.1) is 0 Å². The number of benzene rings is 2. The van der Waals surface area contributed by atoms with Crippen molar-refractivity contribution in [1.29, 1.82) is 0 Å². The van der Waals surface area contributed by atoms with E-state index in [1.54, 1.807) is 30.3 Å². The van der Waals surface area contributed by atoms with E-state index in [-0.39, 0.29) is 29.7 Å². The summed E-state index contributed by atoms with van der Waals surface area (Å²) < 4.78 is 5.28. The lowest BCUT2D eigenvalue weighted by atomic mass is 10.1. The Labute approximate surface area is 144 Å². The molecule has 0 spiro atoms. The predicted octanol–water partition coefficient (Wildman–Crippen LogP) is 3.60. The van der Waals surface area contributed by atoms with Gasteiger partial charge in [0.15, 0.2) is 18.1 Å². The van der Waals surface area contributed by atoms with Gasteiger partial charge in [0.1, 0.15) is 0 Å². The van der Waals surface area contributed by atoms with Gasteiger partial charge in [-0.2, -0.15) is 0 Å². The summed E-state index contributed by atoms with van der Waals surface area (Å²) in [7, 11) is 0. The largest absolute Gasteiger partial charge is 0.478 e. The summed E-state index contributed by atoms with van der Waals surface area (Å²) in [6.07, 6.45) is 1.19. The van der Waals surface area contributed by atoms with E-state index in [2.05, 4.69) is 5.32 Å². The summed E-state index contributed by atoms with van der Waals surface area (Å²) >= 11 is 0. The van der Waals surface area contributed by atoms with Gasteiger partial charge in [-0.3, -0.25) is 19.7 Å². The Morgan fingerprint density at radius 3 is 2.44 bits per heavy atom. The van der Waals surface area contributed by atoms with E-state index in [1.165, 1.54) is 18.2 Å². The fourth-order valence-electron chi connectivity index (χ4n) is 2.15. The average Bonchev–Trinajstić information content (AvgIpc) is 2.60. The lowest BCUT2D eigenvalue weighted by Crippen LogP contribution is -2.13. The SMILES string of the molecule is CCCC(=O)Nc1ccc(C(=O)COc2ccccc2[N+](=O)[O-])cc1. The Kier molecular flexibility index (Phi) is 6.22. The summed E-state index contributed by atoms with van der Waals surface area (Å²) in [4.78, 5) is 34.0. The van der Waals surface area contributed by atoms with Crippen molar-refractivity contribution in [2.75, 3.05) is 11.9 Å². The molecule has 2 aromatic rings. The number of carbonyl (C=O) groups excluding carboxylic acids is 2. The highest BCUT2D eigenvalue weighted by molar-refractivity contribution is 5.98. The van der Waals surface area contributed by atoms with Crippen LogP contribution in [0.3, 0.4) is 0 Å². The number of ketones is 1. The van der Waals surface area contributed by atoms with Crippen LogP contribution in [-0.2, 0) is 4.79 Å². The minimum absolute atomic E-state index is 0.0456. The molecule has 0 aliphatic carbocycles. The molecule has 0 bridgehead atoms. The maximum absolute atomic E-state index is 12.2. The molecular formula is C18H18N2O5. The molecule has 2 rings (SSSR count). The van der Waals surface area contributed by atoms with E-state index in [1.807, 2.05) is 6.92 Å². The van der Waals surface area contributed by atoms with E-state index >= 15 is 0 Å². The van der Waals surface area contributed by atoms with Crippen LogP contribution in [0.4, 0.5) is 11.4 Å². The summed E-state index contributed by atoms with van der Waals surface area (Å²) in [5.74, 6) is -0.352. The van der Waals surface area contributed by atoms with Crippen LogP contribution in [0.1, 0.15) is 30.1 Å². The number of nitrogens with zero attached hydrogens (tertiary/aromatic N) is 1. The van der Waals surface area contributed by atoms with Gasteiger partial charge in [0.2, 0.25) is 5.91 Å². The van der Waals surface area contributed by atoms with Crippen LogP contribution >= 0.6 is 0 Å². The molecule has 0 aromatic heterocycles. The Balaban J connectivity index is 1.97. The van der Waals surface area contributed by atoms with Crippen molar-refractivity contribution in [2.45, 2.75) is 19.8 Å². The third-order valence-electron chi connectivity index (χ3n) is 3.39. The molecule has 0 saturated carbocycles. The molecule has 2 aromatic carbocycles. The van der Waals surface area contributed by atoms with Crippen LogP contribution in [0.25, 0.3) is 0 Å². The fourth-order valence-corrected chi connectivity index (χ4v) is 2.15. The van der Waals surface area contributed by atoms with Crippen LogP contribution < -0.4 is 10.1 Å². The van der Waals surface area contributed by atoms with Gasteiger partial charge in [0, 0.05) is 23.7 Å². The molecule has 0 unspecified atom stereocenters. The third-order valence-corrected chi connectivity index (χ3v) is 3.39. The minimum atomic E-state index is -0.562. The number of ether oxygens (including phenoxy) is 1. The Morgan fingerprint density at radius 2 is 1.80 bits per heavy atom. The van der Waals surface area contributed by atoms with Crippen LogP contribution in [0.5, 0.6) is 5.75 Å². The first kappa shape index (κ1) is 18.1. The van der Waals surface area contributed by atoms with E-state index in [0.717, 1.165) is 6.42 Å². The number of amides is 1. The third kappa shape index (κ3) is 5.13. The average molecular weight is 342 g/mol. The molecule has 25 heavy (non-hydrogen) atoms. The summed E-state index contributed by atoms with van der Waals surface area (Å²) in [6.45, 7) is 1.60. The van der Waals surface area contributed by atoms with Gasteiger partial charge in [-0.05, 0) is 36.8 Å². The van der Waals surface area contributed by atoms with Crippen LogP contribution in [-0.4, -0.2) is 23.2 Å². The molecule has 0 aliphatic heterocycles. The molecule has 1 N–H and O–H groups in total. The number of para-hydroxylation sites is 2. The van der Waals surface area contributed by atoms with Gasteiger partial charge in [-0.25, -0.2) is 0 Å².